The lowest BCUT2D eigenvalue weighted by molar-refractivity contribution is -0.116. The summed E-state index contributed by atoms with van der Waals surface area (Å²) in [5.41, 5.74) is 0.528. The molecule has 0 radical (unpaired) electrons. The zero-order chi connectivity index (χ0) is 17.1. The zero-order valence-corrected chi connectivity index (χ0v) is 14.0. The zero-order valence-electron chi connectivity index (χ0n) is 14.0. The number of nitrogens with zero attached hydrogens (tertiary/aromatic N) is 5. The Morgan fingerprint density at radius 3 is 2.71 bits per heavy atom. The summed E-state index contributed by atoms with van der Waals surface area (Å²) in [6.07, 6.45) is 3.45. The third-order valence-corrected chi connectivity index (χ3v) is 4.02. The van der Waals surface area contributed by atoms with Crippen LogP contribution in [0.4, 0.5) is 22.2 Å². The van der Waals surface area contributed by atoms with Crippen molar-refractivity contribution in [3.63, 3.8) is 0 Å². The molecule has 0 saturated carbocycles. The second-order valence-corrected chi connectivity index (χ2v) is 6.08. The van der Waals surface area contributed by atoms with Crippen LogP contribution in [0.1, 0.15) is 12.8 Å². The quantitative estimate of drug-likeness (QED) is 0.840. The monoisotopic (exact) mass is 334 g/mol. The van der Waals surface area contributed by atoms with Crippen LogP contribution in [0.15, 0.2) is 6.20 Å². The molecule has 2 saturated heterocycles. The van der Waals surface area contributed by atoms with Gasteiger partial charge in [-0.05, 0) is 12.8 Å². The minimum Gasteiger partial charge on any atom is -0.448 e. The summed E-state index contributed by atoms with van der Waals surface area (Å²) in [6, 6.07) is 0. The van der Waals surface area contributed by atoms with E-state index >= 15 is 0 Å². The summed E-state index contributed by atoms with van der Waals surface area (Å²) < 4.78 is 4.82. The summed E-state index contributed by atoms with van der Waals surface area (Å²) in [5.74, 6) is 1.02. The van der Waals surface area contributed by atoms with Gasteiger partial charge in [-0.2, -0.15) is 4.98 Å². The first-order valence-electron chi connectivity index (χ1n) is 8.05. The number of rotatable bonds is 5. The molecule has 0 spiro atoms. The fraction of sp³-hybridized carbons (Fsp3) is 0.600. The van der Waals surface area contributed by atoms with Gasteiger partial charge >= 0.3 is 6.09 Å². The van der Waals surface area contributed by atoms with E-state index in [9.17, 15) is 9.59 Å². The maximum atomic E-state index is 12.2. The molecule has 0 atom stereocenters. The Kier molecular flexibility index (Phi) is 4.68. The van der Waals surface area contributed by atoms with Crippen molar-refractivity contribution >= 4 is 29.5 Å². The number of carbonyl (C=O) groups excluding carboxylic acids is 2. The van der Waals surface area contributed by atoms with E-state index in [0.29, 0.717) is 30.6 Å². The molecule has 1 aromatic heterocycles. The van der Waals surface area contributed by atoms with Crippen LogP contribution in [0.25, 0.3) is 0 Å². The van der Waals surface area contributed by atoms with E-state index in [1.54, 1.807) is 6.20 Å². The topological polar surface area (TPSA) is 90.9 Å². The van der Waals surface area contributed by atoms with Crippen LogP contribution in [0.3, 0.4) is 0 Å². The molecule has 0 aliphatic carbocycles. The number of amides is 2. The SMILES string of the molecule is CN(C)c1nc(N2CCCC2)ncc1NC(=O)CN1CCOC1=O. The number of carbonyl (C=O) groups is 2. The van der Waals surface area contributed by atoms with Crippen LogP contribution >= 0.6 is 0 Å². The molecular weight excluding hydrogens is 312 g/mol. The average Bonchev–Trinajstić information content (AvgIpc) is 3.20. The van der Waals surface area contributed by atoms with Crippen molar-refractivity contribution < 1.29 is 14.3 Å². The van der Waals surface area contributed by atoms with E-state index in [0.717, 1.165) is 25.9 Å². The molecule has 1 aromatic rings. The molecule has 24 heavy (non-hydrogen) atoms. The van der Waals surface area contributed by atoms with Crippen LogP contribution in [-0.4, -0.2) is 73.7 Å². The molecule has 0 unspecified atom stereocenters. The molecule has 3 heterocycles. The smallest absolute Gasteiger partial charge is 0.410 e. The maximum Gasteiger partial charge on any atom is 0.410 e. The van der Waals surface area contributed by atoms with Crippen molar-refractivity contribution in [2.75, 3.05) is 62.0 Å². The van der Waals surface area contributed by atoms with Gasteiger partial charge < -0.3 is 19.9 Å². The molecule has 3 rings (SSSR count). The third-order valence-electron chi connectivity index (χ3n) is 4.02. The lowest BCUT2D eigenvalue weighted by Crippen LogP contribution is -2.34. The highest BCUT2D eigenvalue weighted by molar-refractivity contribution is 5.96. The Balaban J connectivity index is 1.71. The second kappa shape index (κ2) is 6.90. The predicted octanol–water partition coefficient (Wildman–Crippen LogP) is 0.534. The summed E-state index contributed by atoms with van der Waals surface area (Å²) in [7, 11) is 3.73. The number of hydrogen-bond donors (Lipinski definition) is 1. The summed E-state index contributed by atoms with van der Waals surface area (Å²) >= 11 is 0. The predicted molar refractivity (Wildman–Crippen MR) is 89.4 cm³/mol. The van der Waals surface area contributed by atoms with Gasteiger partial charge in [-0.1, -0.05) is 0 Å². The molecule has 130 valence electrons. The van der Waals surface area contributed by atoms with Crippen molar-refractivity contribution in [1.82, 2.24) is 14.9 Å². The molecule has 2 aliphatic rings. The van der Waals surface area contributed by atoms with Crippen molar-refractivity contribution in [2.24, 2.45) is 0 Å². The fourth-order valence-electron chi connectivity index (χ4n) is 2.79. The number of cyclic esters (lactones) is 1. The molecular formula is C15H22N6O3. The Morgan fingerprint density at radius 1 is 1.33 bits per heavy atom. The van der Waals surface area contributed by atoms with Gasteiger partial charge in [0.2, 0.25) is 11.9 Å². The lowest BCUT2D eigenvalue weighted by atomic mass is 10.4. The van der Waals surface area contributed by atoms with Gasteiger partial charge in [0.1, 0.15) is 18.8 Å². The minimum absolute atomic E-state index is 0.0421. The second-order valence-electron chi connectivity index (χ2n) is 6.08. The summed E-state index contributed by atoms with van der Waals surface area (Å²) in [6.45, 7) is 2.62. The molecule has 9 heteroatoms. The van der Waals surface area contributed by atoms with Crippen LogP contribution in [0.2, 0.25) is 0 Å². The number of nitrogens with one attached hydrogen (secondary N) is 1. The van der Waals surface area contributed by atoms with Crippen molar-refractivity contribution in [2.45, 2.75) is 12.8 Å². The van der Waals surface area contributed by atoms with Crippen molar-refractivity contribution in [3.8, 4) is 0 Å². The van der Waals surface area contributed by atoms with Crippen LogP contribution < -0.4 is 15.1 Å². The van der Waals surface area contributed by atoms with Gasteiger partial charge in [0.05, 0.1) is 12.7 Å². The Bertz CT molecular complexity index is 630. The Labute approximate surface area is 140 Å². The number of hydrogen-bond acceptors (Lipinski definition) is 7. The normalized spacial score (nSPS) is 17.2. The van der Waals surface area contributed by atoms with E-state index in [-0.39, 0.29) is 12.5 Å². The Hall–Kier alpha value is -2.58. The van der Waals surface area contributed by atoms with Crippen LogP contribution in [0.5, 0.6) is 0 Å². The fourth-order valence-corrected chi connectivity index (χ4v) is 2.79. The maximum absolute atomic E-state index is 12.2. The van der Waals surface area contributed by atoms with E-state index < -0.39 is 6.09 Å². The first kappa shape index (κ1) is 16.3. The Morgan fingerprint density at radius 2 is 2.08 bits per heavy atom. The molecule has 0 bridgehead atoms. The lowest BCUT2D eigenvalue weighted by Gasteiger charge is -2.21. The van der Waals surface area contributed by atoms with E-state index in [1.165, 1.54) is 4.90 Å². The highest BCUT2D eigenvalue weighted by Crippen LogP contribution is 2.25. The number of aromatic nitrogens is 2. The number of ether oxygens (including phenoxy) is 1. The van der Waals surface area contributed by atoms with Crippen molar-refractivity contribution in [3.05, 3.63) is 6.20 Å². The highest BCUT2D eigenvalue weighted by Gasteiger charge is 2.25. The molecule has 9 nitrogen and oxygen atoms in total. The molecule has 0 aromatic carbocycles. The molecule has 2 fully saturated rings. The van der Waals surface area contributed by atoms with Gasteiger partial charge in [0.25, 0.3) is 0 Å². The molecule has 2 aliphatic heterocycles. The van der Waals surface area contributed by atoms with Crippen LogP contribution in [0, 0.1) is 0 Å². The van der Waals surface area contributed by atoms with E-state index in [2.05, 4.69) is 20.2 Å². The minimum atomic E-state index is -0.460. The number of anilines is 3. The van der Waals surface area contributed by atoms with Gasteiger partial charge in [-0.3, -0.25) is 9.69 Å². The highest BCUT2D eigenvalue weighted by atomic mass is 16.6. The first-order chi connectivity index (χ1) is 11.5. The standard InChI is InChI=1S/C15H22N6O3/c1-19(2)13-11(9-16-14(18-13)20-5-3-4-6-20)17-12(22)10-21-7-8-24-15(21)23/h9H,3-8,10H2,1-2H3,(H,17,22). The summed E-state index contributed by atoms with van der Waals surface area (Å²) in [4.78, 5) is 37.9. The summed E-state index contributed by atoms with van der Waals surface area (Å²) in [5, 5.41) is 2.78. The third kappa shape index (κ3) is 3.50. The molecule has 1 N–H and O–H groups in total. The van der Waals surface area contributed by atoms with Crippen molar-refractivity contribution in [1.29, 1.82) is 0 Å². The van der Waals surface area contributed by atoms with Gasteiger partial charge in [-0.25, -0.2) is 9.78 Å². The van der Waals surface area contributed by atoms with Gasteiger partial charge in [-0.15, -0.1) is 0 Å². The van der Waals surface area contributed by atoms with Crippen LogP contribution in [-0.2, 0) is 9.53 Å². The first-order valence-corrected chi connectivity index (χ1v) is 8.05. The van der Waals surface area contributed by atoms with Gasteiger partial charge in [0, 0.05) is 27.2 Å². The van der Waals surface area contributed by atoms with Gasteiger partial charge in [0.15, 0.2) is 5.82 Å². The molecule has 2 amide bonds. The largest absolute Gasteiger partial charge is 0.448 e. The van der Waals surface area contributed by atoms with E-state index in [4.69, 9.17) is 4.74 Å². The average molecular weight is 334 g/mol. The van der Waals surface area contributed by atoms with E-state index in [1.807, 2.05) is 19.0 Å².